The Morgan fingerprint density at radius 2 is 1.74 bits per heavy atom. The van der Waals surface area contributed by atoms with Crippen LogP contribution in [0.3, 0.4) is 0 Å². The highest BCUT2D eigenvalue weighted by atomic mass is 16.6. The number of carbonyl (C=O) groups excluding carboxylic acids is 3. The summed E-state index contributed by atoms with van der Waals surface area (Å²) in [6.07, 6.45) is -0.373. The Morgan fingerprint density at radius 1 is 1.04 bits per heavy atom. The van der Waals surface area contributed by atoms with Gasteiger partial charge in [-0.1, -0.05) is 25.1 Å². The van der Waals surface area contributed by atoms with Gasteiger partial charge in [0.2, 0.25) is 5.91 Å². The number of ether oxygens (including phenoxy) is 2. The van der Waals surface area contributed by atoms with Gasteiger partial charge in [0.25, 0.3) is 5.91 Å². The maximum atomic E-state index is 11.9. The van der Waals surface area contributed by atoms with Crippen molar-refractivity contribution in [3.63, 3.8) is 0 Å². The maximum Gasteiger partial charge on any atom is 0.347 e. The molecule has 0 saturated carbocycles. The molecular formula is C16H22N2O5. The van der Waals surface area contributed by atoms with Crippen molar-refractivity contribution in [3.05, 3.63) is 30.3 Å². The van der Waals surface area contributed by atoms with Crippen molar-refractivity contribution in [1.29, 1.82) is 0 Å². The average molecular weight is 322 g/mol. The van der Waals surface area contributed by atoms with Crippen LogP contribution in [0.4, 0.5) is 0 Å². The molecule has 0 aliphatic heterocycles. The molecule has 1 aromatic carbocycles. The number of benzene rings is 1. The molecule has 1 atom stereocenters. The summed E-state index contributed by atoms with van der Waals surface area (Å²) in [5.41, 5.74) is 0. The molecule has 0 bridgehead atoms. The van der Waals surface area contributed by atoms with Crippen molar-refractivity contribution in [3.8, 4) is 5.75 Å². The number of likely N-dealkylation sites (N-methyl/N-ethyl adjacent to an activating group) is 1. The normalized spacial score (nSPS) is 11.2. The van der Waals surface area contributed by atoms with Crippen LogP contribution in [0, 0.1) is 0 Å². The second kappa shape index (κ2) is 10.2. The Hall–Kier alpha value is -2.57. The monoisotopic (exact) mass is 322 g/mol. The first-order valence-corrected chi connectivity index (χ1v) is 7.48. The van der Waals surface area contributed by atoms with Crippen LogP contribution in [0.15, 0.2) is 30.3 Å². The summed E-state index contributed by atoms with van der Waals surface area (Å²) < 4.78 is 10.4. The first-order valence-electron chi connectivity index (χ1n) is 7.48. The van der Waals surface area contributed by atoms with Crippen molar-refractivity contribution in [1.82, 2.24) is 10.6 Å². The van der Waals surface area contributed by atoms with Crippen molar-refractivity contribution in [2.24, 2.45) is 0 Å². The third kappa shape index (κ3) is 7.30. The molecule has 1 aromatic rings. The molecule has 7 heteroatoms. The molecule has 0 saturated heterocycles. The van der Waals surface area contributed by atoms with Gasteiger partial charge in [-0.15, -0.1) is 0 Å². The number of carbonyl (C=O) groups is 3. The summed E-state index contributed by atoms with van der Waals surface area (Å²) in [5.74, 6) is -0.910. The van der Waals surface area contributed by atoms with Crippen LogP contribution in [0.5, 0.6) is 5.75 Å². The molecule has 2 amide bonds. The minimum atomic E-state index is -0.784. The Morgan fingerprint density at radius 3 is 2.35 bits per heavy atom. The van der Waals surface area contributed by atoms with Crippen molar-refractivity contribution in [2.75, 3.05) is 19.7 Å². The van der Waals surface area contributed by atoms with E-state index in [9.17, 15) is 14.4 Å². The molecule has 0 aromatic heterocycles. The number of rotatable bonds is 9. The summed E-state index contributed by atoms with van der Waals surface area (Å²) in [7, 11) is 0. The van der Waals surface area contributed by atoms with Gasteiger partial charge < -0.3 is 20.1 Å². The Labute approximate surface area is 135 Å². The van der Waals surface area contributed by atoms with E-state index in [0.717, 1.165) is 0 Å². The number of hydrogen-bond acceptors (Lipinski definition) is 5. The predicted octanol–water partition coefficient (Wildman–Crippen LogP) is 0.640. The maximum absolute atomic E-state index is 11.9. The van der Waals surface area contributed by atoms with Gasteiger partial charge >= 0.3 is 5.97 Å². The number of amides is 2. The Kier molecular flexibility index (Phi) is 8.20. The second-order valence-corrected chi connectivity index (χ2v) is 4.67. The Balaban J connectivity index is 2.35. The van der Waals surface area contributed by atoms with Gasteiger partial charge in [0.05, 0.1) is 6.54 Å². The summed E-state index contributed by atoms with van der Waals surface area (Å²) >= 11 is 0. The van der Waals surface area contributed by atoms with Crippen LogP contribution in [0.2, 0.25) is 0 Å². The molecule has 0 unspecified atom stereocenters. The molecule has 7 nitrogen and oxygen atoms in total. The van der Waals surface area contributed by atoms with E-state index < -0.39 is 24.6 Å². The summed E-state index contributed by atoms with van der Waals surface area (Å²) in [6, 6.07) is 8.89. The smallest absolute Gasteiger partial charge is 0.347 e. The van der Waals surface area contributed by atoms with Gasteiger partial charge in [0.1, 0.15) is 5.75 Å². The lowest BCUT2D eigenvalue weighted by Crippen LogP contribution is -2.39. The van der Waals surface area contributed by atoms with E-state index in [4.69, 9.17) is 9.47 Å². The van der Waals surface area contributed by atoms with Crippen LogP contribution < -0.4 is 15.4 Å². The van der Waals surface area contributed by atoms with E-state index in [2.05, 4.69) is 10.6 Å². The summed E-state index contributed by atoms with van der Waals surface area (Å²) in [5, 5.41) is 4.90. The molecule has 1 rings (SSSR count). The minimum absolute atomic E-state index is 0.151. The third-order valence-corrected chi connectivity index (χ3v) is 2.82. The van der Waals surface area contributed by atoms with E-state index in [0.29, 0.717) is 18.7 Å². The predicted molar refractivity (Wildman–Crippen MR) is 83.8 cm³/mol. The standard InChI is InChI=1S/C16H22N2O5/c1-3-13(23-12-8-6-5-7-9-12)16(21)22-11-15(20)18-10-14(19)17-4-2/h5-9,13H,3-4,10-11H2,1-2H3,(H,17,19)(H,18,20)/t13-/m1/s1. The van der Waals surface area contributed by atoms with Gasteiger partial charge in [0, 0.05) is 6.54 Å². The highest BCUT2D eigenvalue weighted by molar-refractivity contribution is 5.86. The number of esters is 1. The lowest BCUT2D eigenvalue weighted by molar-refractivity contribution is -0.155. The molecular weight excluding hydrogens is 300 g/mol. The molecule has 0 fully saturated rings. The zero-order valence-corrected chi connectivity index (χ0v) is 13.3. The number of nitrogens with one attached hydrogen (secondary N) is 2. The third-order valence-electron chi connectivity index (χ3n) is 2.82. The molecule has 0 radical (unpaired) electrons. The number of para-hydroxylation sites is 1. The van der Waals surface area contributed by atoms with Gasteiger partial charge in [0.15, 0.2) is 12.7 Å². The molecule has 0 spiro atoms. The fraction of sp³-hybridized carbons (Fsp3) is 0.438. The molecule has 0 heterocycles. The quantitative estimate of drug-likeness (QED) is 0.651. The summed E-state index contributed by atoms with van der Waals surface area (Å²) in [6.45, 7) is 3.44. The first kappa shape index (κ1) is 18.5. The topological polar surface area (TPSA) is 93.7 Å². The molecule has 126 valence electrons. The molecule has 0 aliphatic rings. The fourth-order valence-corrected chi connectivity index (χ4v) is 1.68. The molecule has 0 aliphatic carbocycles. The Bertz CT molecular complexity index is 518. The first-order chi connectivity index (χ1) is 11.1. The van der Waals surface area contributed by atoms with Crippen molar-refractivity contribution in [2.45, 2.75) is 26.4 Å². The van der Waals surface area contributed by atoms with E-state index in [-0.39, 0.29) is 12.5 Å². The largest absolute Gasteiger partial charge is 0.479 e. The average Bonchev–Trinajstić information content (AvgIpc) is 2.57. The highest BCUT2D eigenvalue weighted by Gasteiger charge is 2.21. The SMILES string of the molecule is CCNC(=O)CNC(=O)COC(=O)[C@@H](CC)Oc1ccccc1. The number of hydrogen-bond donors (Lipinski definition) is 2. The zero-order chi connectivity index (χ0) is 17.1. The minimum Gasteiger partial charge on any atom is -0.479 e. The fourth-order valence-electron chi connectivity index (χ4n) is 1.68. The second-order valence-electron chi connectivity index (χ2n) is 4.67. The molecule has 23 heavy (non-hydrogen) atoms. The summed E-state index contributed by atoms with van der Waals surface area (Å²) in [4.78, 5) is 34.6. The molecule has 2 N–H and O–H groups in total. The lowest BCUT2D eigenvalue weighted by Gasteiger charge is -2.16. The van der Waals surface area contributed by atoms with E-state index in [1.807, 2.05) is 6.07 Å². The van der Waals surface area contributed by atoms with E-state index in [1.54, 1.807) is 38.1 Å². The van der Waals surface area contributed by atoms with Gasteiger partial charge in [-0.2, -0.15) is 0 Å². The van der Waals surface area contributed by atoms with E-state index in [1.165, 1.54) is 0 Å². The van der Waals surface area contributed by atoms with Crippen molar-refractivity contribution < 1.29 is 23.9 Å². The van der Waals surface area contributed by atoms with Crippen LogP contribution in [-0.4, -0.2) is 43.6 Å². The lowest BCUT2D eigenvalue weighted by atomic mass is 10.2. The van der Waals surface area contributed by atoms with Gasteiger partial charge in [-0.3, -0.25) is 9.59 Å². The van der Waals surface area contributed by atoms with Gasteiger partial charge in [-0.25, -0.2) is 4.79 Å². The van der Waals surface area contributed by atoms with Crippen LogP contribution in [0.25, 0.3) is 0 Å². The van der Waals surface area contributed by atoms with Crippen LogP contribution in [-0.2, 0) is 19.1 Å². The highest BCUT2D eigenvalue weighted by Crippen LogP contribution is 2.13. The van der Waals surface area contributed by atoms with Crippen LogP contribution >= 0.6 is 0 Å². The zero-order valence-electron chi connectivity index (χ0n) is 13.3. The van der Waals surface area contributed by atoms with Crippen LogP contribution in [0.1, 0.15) is 20.3 Å². The van der Waals surface area contributed by atoms with E-state index >= 15 is 0 Å². The van der Waals surface area contributed by atoms with Crippen molar-refractivity contribution >= 4 is 17.8 Å². The van der Waals surface area contributed by atoms with Gasteiger partial charge in [-0.05, 0) is 25.5 Å².